The van der Waals surface area contributed by atoms with E-state index in [2.05, 4.69) is 48.7 Å². The average Bonchev–Trinajstić information content (AvgIpc) is 2.52. The van der Waals surface area contributed by atoms with Crippen LogP contribution in [0.25, 0.3) is 0 Å². The van der Waals surface area contributed by atoms with Crippen molar-refractivity contribution in [2.24, 2.45) is 10.4 Å². The van der Waals surface area contributed by atoms with Crippen LogP contribution in [0.1, 0.15) is 43.7 Å². The molecule has 4 heteroatoms. The Balaban J connectivity index is 1.89. The summed E-state index contributed by atoms with van der Waals surface area (Å²) in [6.07, 6.45) is 5.05. The van der Waals surface area contributed by atoms with E-state index in [0.717, 1.165) is 32.1 Å². The first kappa shape index (κ1) is 17.8. The summed E-state index contributed by atoms with van der Waals surface area (Å²) >= 11 is 0. The normalized spacial score (nSPS) is 16.7. The molecule has 0 radical (unpaired) electrons. The molecule has 23 heavy (non-hydrogen) atoms. The summed E-state index contributed by atoms with van der Waals surface area (Å²) in [6, 6.07) is 8.57. The van der Waals surface area contributed by atoms with Gasteiger partial charge < -0.3 is 15.4 Å². The van der Waals surface area contributed by atoms with Crippen LogP contribution < -0.4 is 10.6 Å². The Hall–Kier alpha value is -1.55. The van der Waals surface area contributed by atoms with E-state index >= 15 is 0 Å². The van der Waals surface area contributed by atoms with Gasteiger partial charge in [-0.1, -0.05) is 36.2 Å². The maximum atomic E-state index is 5.27. The third kappa shape index (κ3) is 5.54. The molecule has 1 fully saturated rings. The van der Waals surface area contributed by atoms with Gasteiger partial charge in [0.1, 0.15) is 0 Å². The molecule has 2 rings (SSSR count). The highest BCUT2D eigenvalue weighted by atomic mass is 16.5. The fraction of sp³-hybridized carbons (Fsp3) is 0.632. The zero-order chi connectivity index (χ0) is 16.5. The van der Waals surface area contributed by atoms with Crippen LogP contribution >= 0.6 is 0 Å². The second kappa shape index (κ2) is 8.92. The second-order valence-corrected chi connectivity index (χ2v) is 6.63. The van der Waals surface area contributed by atoms with E-state index in [9.17, 15) is 0 Å². The highest BCUT2D eigenvalue weighted by Gasteiger charge is 2.36. The Morgan fingerprint density at radius 1 is 1.22 bits per heavy atom. The van der Waals surface area contributed by atoms with Crippen LogP contribution in [0, 0.1) is 12.3 Å². The summed E-state index contributed by atoms with van der Waals surface area (Å²) in [5, 5.41) is 6.89. The first-order chi connectivity index (χ1) is 11.2. The number of rotatable bonds is 8. The molecule has 1 saturated carbocycles. The van der Waals surface area contributed by atoms with Gasteiger partial charge in [0.2, 0.25) is 0 Å². The van der Waals surface area contributed by atoms with E-state index in [1.54, 1.807) is 7.11 Å². The van der Waals surface area contributed by atoms with Gasteiger partial charge in [0, 0.05) is 26.8 Å². The summed E-state index contributed by atoms with van der Waals surface area (Å²) < 4.78 is 5.27. The molecule has 0 saturated heterocycles. The standard InChI is InChI=1S/C19H31N3O/c1-4-20-18(21-14-17-8-6-16(2)7-9-17)22-15-19(10-5-11-19)12-13-23-3/h6-9H,4-5,10-15H2,1-3H3,(H2,20,21,22). The van der Waals surface area contributed by atoms with E-state index in [1.807, 2.05) is 0 Å². The van der Waals surface area contributed by atoms with E-state index < -0.39 is 0 Å². The molecule has 1 aliphatic carbocycles. The summed E-state index contributed by atoms with van der Waals surface area (Å²) in [6.45, 7) is 7.63. The van der Waals surface area contributed by atoms with Crippen molar-refractivity contribution in [2.45, 2.75) is 46.1 Å². The molecule has 0 spiro atoms. The zero-order valence-electron chi connectivity index (χ0n) is 14.8. The van der Waals surface area contributed by atoms with Crippen LogP contribution in [0.2, 0.25) is 0 Å². The largest absolute Gasteiger partial charge is 0.385 e. The van der Waals surface area contributed by atoms with Gasteiger partial charge in [-0.2, -0.15) is 0 Å². The molecule has 0 bridgehead atoms. The fourth-order valence-corrected chi connectivity index (χ4v) is 2.99. The highest BCUT2D eigenvalue weighted by Crippen LogP contribution is 2.43. The minimum absolute atomic E-state index is 0.399. The summed E-state index contributed by atoms with van der Waals surface area (Å²) in [7, 11) is 1.78. The number of ether oxygens (including phenoxy) is 1. The van der Waals surface area contributed by atoms with Gasteiger partial charge in [0.25, 0.3) is 0 Å². The minimum atomic E-state index is 0.399. The lowest BCUT2D eigenvalue weighted by Crippen LogP contribution is -2.46. The Labute approximate surface area is 140 Å². The summed E-state index contributed by atoms with van der Waals surface area (Å²) in [4.78, 5) is 4.72. The van der Waals surface area contributed by atoms with Crippen molar-refractivity contribution in [3.63, 3.8) is 0 Å². The van der Waals surface area contributed by atoms with Crippen molar-refractivity contribution in [1.82, 2.24) is 10.6 Å². The van der Waals surface area contributed by atoms with Crippen molar-refractivity contribution in [3.05, 3.63) is 35.4 Å². The monoisotopic (exact) mass is 317 g/mol. The molecule has 2 N–H and O–H groups in total. The van der Waals surface area contributed by atoms with Gasteiger partial charge >= 0.3 is 0 Å². The van der Waals surface area contributed by atoms with Crippen LogP contribution in [-0.2, 0) is 11.3 Å². The van der Waals surface area contributed by atoms with Gasteiger partial charge in [-0.25, -0.2) is 4.99 Å². The molecule has 0 amide bonds. The minimum Gasteiger partial charge on any atom is -0.385 e. The molecular formula is C19H31N3O. The lowest BCUT2D eigenvalue weighted by molar-refractivity contribution is 0.0732. The fourth-order valence-electron chi connectivity index (χ4n) is 2.99. The molecule has 4 nitrogen and oxygen atoms in total. The molecule has 128 valence electrons. The number of benzene rings is 1. The van der Waals surface area contributed by atoms with Gasteiger partial charge in [-0.15, -0.1) is 0 Å². The van der Waals surface area contributed by atoms with Crippen LogP contribution in [-0.4, -0.2) is 32.8 Å². The van der Waals surface area contributed by atoms with Crippen molar-refractivity contribution in [1.29, 1.82) is 0 Å². The highest BCUT2D eigenvalue weighted by molar-refractivity contribution is 5.79. The molecule has 0 heterocycles. The molecule has 0 unspecified atom stereocenters. The van der Waals surface area contributed by atoms with E-state index in [4.69, 9.17) is 9.73 Å². The quantitative estimate of drug-likeness (QED) is 0.571. The average molecular weight is 317 g/mol. The van der Waals surface area contributed by atoms with Crippen molar-refractivity contribution in [3.8, 4) is 0 Å². The topological polar surface area (TPSA) is 45.7 Å². The Morgan fingerprint density at radius 3 is 2.52 bits per heavy atom. The third-order valence-corrected chi connectivity index (χ3v) is 4.77. The second-order valence-electron chi connectivity index (χ2n) is 6.63. The number of aliphatic imine (C=N–C) groups is 1. The van der Waals surface area contributed by atoms with E-state index in [-0.39, 0.29) is 0 Å². The Morgan fingerprint density at radius 2 is 1.96 bits per heavy atom. The zero-order valence-corrected chi connectivity index (χ0v) is 14.8. The molecule has 1 aliphatic rings. The smallest absolute Gasteiger partial charge is 0.191 e. The number of hydrogen-bond acceptors (Lipinski definition) is 2. The van der Waals surface area contributed by atoms with E-state index in [0.29, 0.717) is 12.0 Å². The maximum absolute atomic E-state index is 5.27. The lowest BCUT2D eigenvalue weighted by atomic mass is 9.67. The van der Waals surface area contributed by atoms with Crippen LogP contribution in [0.5, 0.6) is 0 Å². The van der Waals surface area contributed by atoms with Crippen molar-refractivity contribution in [2.75, 3.05) is 26.8 Å². The van der Waals surface area contributed by atoms with Gasteiger partial charge in [-0.3, -0.25) is 0 Å². The van der Waals surface area contributed by atoms with Crippen LogP contribution in [0.15, 0.2) is 29.3 Å². The van der Waals surface area contributed by atoms with Crippen LogP contribution in [0.3, 0.4) is 0 Å². The summed E-state index contributed by atoms with van der Waals surface area (Å²) in [5.41, 5.74) is 2.93. The molecule has 0 atom stereocenters. The molecule has 0 aliphatic heterocycles. The van der Waals surface area contributed by atoms with Gasteiger partial charge in [0.05, 0.1) is 6.54 Å². The molecule has 1 aromatic carbocycles. The number of aryl methyl sites for hydroxylation is 1. The Bertz CT molecular complexity index is 492. The van der Waals surface area contributed by atoms with Gasteiger partial charge in [0.15, 0.2) is 5.96 Å². The maximum Gasteiger partial charge on any atom is 0.191 e. The van der Waals surface area contributed by atoms with Crippen molar-refractivity contribution >= 4 is 5.96 Å². The number of guanidine groups is 1. The number of nitrogens with zero attached hydrogens (tertiary/aromatic N) is 1. The van der Waals surface area contributed by atoms with E-state index in [1.165, 1.54) is 30.4 Å². The predicted molar refractivity (Wildman–Crippen MR) is 96.8 cm³/mol. The first-order valence-electron chi connectivity index (χ1n) is 8.74. The Kier molecular flexibility index (Phi) is 6.90. The number of hydrogen-bond donors (Lipinski definition) is 2. The summed E-state index contributed by atoms with van der Waals surface area (Å²) in [5.74, 6) is 0.914. The van der Waals surface area contributed by atoms with Gasteiger partial charge in [-0.05, 0) is 44.1 Å². The molecule has 0 aromatic heterocycles. The third-order valence-electron chi connectivity index (χ3n) is 4.77. The molecular weight excluding hydrogens is 286 g/mol. The van der Waals surface area contributed by atoms with Crippen LogP contribution in [0.4, 0.5) is 0 Å². The number of nitrogens with one attached hydrogen (secondary N) is 2. The first-order valence-corrected chi connectivity index (χ1v) is 8.74. The SMILES string of the molecule is CCNC(=NCc1ccc(C)cc1)NCC1(CCOC)CCC1. The predicted octanol–water partition coefficient (Wildman–Crippen LogP) is 3.26. The number of methoxy groups -OCH3 is 1. The van der Waals surface area contributed by atoms with Crippen molar-refractivity contribution < 1.29 is 4.74 Å². The lowest BCUT2D eigenvalue weighted by Gasteiger charge is -2.42. The molecule has 1 aromatic rings.